The highest BCUT2D eigenvalue weighted by atomic mass is 19.1. The predicted molar refractivity (Wildman–Crippen MR) is 102 cm³/mol. The van der Waals surface area contributed by atoms with Crippen LogP contribution in [0.3, 0.4) is 0 Å². The van der Waals surface area contributed by atoms with Crippen LogP contribution in [-0.2, 0) is 6.54 Å². The van der Waals surface area contributed by atoms with Crippen molar-refractivity contribution in [2.45, 2.75) is 38.3 Å². The molecular formula is C20H26FN5O. The van der Waals surface area contributed by atoms with Crippen LogP contribution in [-0.4, -0.2) is 58.2 Å². The molecule has 27 heavy (non-hydrogen) atoms. The van der Waals surface area contributed by atoms with Crippen LogP contribution in [0, 0.1) is 5.82 Å². The van der Waals surface area contributed by atoms with Gasteiger partial charge in [-0.25, -0.2) is 9.18 Å². The van der Waals surface area contributed by atoms with E-state index in [1.807, 2.05) is 4.90 Å². The zero-order valence-corrected chi connectivity index (χ0v) is 15.5. The molecule has 1 aromatic heterocycles. The van der Waals surface area contributed by atoms with Gasteiger partial charge in [-0.3, -0.25) is 10.00 Å². The van der Waals surface area contributed by atoms with E-state index < -0.39 is 0 Å². The molecule has 2 saturated heterocycles. The Bertz CT molecular complexity index is 769. The Morgan fingerprint density at radius 2 is 1.96 bits per heavy atom. The van der Waals surface area contributed by atoms with E-state index in [1.54, 1.807) is 18.3 Å². The van der Waals surface area contributed by atoms with Gasteiger partial charge in [0.15, 0.2) is 0 Å². The number of aromatic amines is 1. The van der Waals surface area contributed by atoms with E-state index in [0.29, 0.717) is 12.6 Å². The molecule has 2 aromatic rings. The highest BCUT2D eigenvalue weighted by Gasteiger charge is 2.30. The number of carbonyl (C=O) groups excluding carboxylic acids is 1. The summed E-state index contributed by atoms with van der Waals surface area (Å²) in [6.07, 6.45) is 6.64. The maximum Gasteiger partial charge on any atom is 0.317 e. The molecule has 1 atom stereocenters. The van der Waals surface area contributed by atoms with E-state index in [9.17, 15) is 9.18 Å². The van der Waals surface area contributed by atoms with Crippen molar-refractivity contribution in [1.29, 1.82) is 0 Å². The van der Waals surface area contributed by atoms with Gasteiger partial charge in [-0.05, 0) is 56.6 Å². The Morgan fingerprint density at radius 3 is 2.74 bits per heavy atom. The fourth-order valence-corrected chi connectivity index (χ4v) is 4.10. The van der Waals surface area contributed by atoms with Gasteiger partial charge in [0.1, 0.15) is 5.82 Å². The van der Waals surface area contributed by atoms with Crippen LogP contribution in [0.25, 0.3) is 11.3 Å². The molecule has 4 rings (SSSR count). The van der Waals surface area contributed by atoms with Crippen LogP contribution in [0.5, 0.6) is 0 Å². The standard InChI is InChI=1S/C20H26FN5O/c21-17-6-4-15(5-7-17)19-16(13-23-24-19)12-22-20(27)26-11-8-18(14-26)25-9-2-1-3-10-25/h4-7,13,18H,1-3,8-12,14H2,(H,22,27)(H,23,24)/t18-/m1/s1. The minimum atomic E-state index is -0.273. The Balaban J connectivity index is 1.32. The number of amides is 2. The number of benzene rings is 1. The van der Waals surface area contributed by atoms with Crippen molar-refractivity contribution in [1.82, 2.24) is 25.3 Å². The van der Waals surface area contributed by atoms with Crippen LogP contribution >= 0.6 is 0 Å². The van der Waals surface area contributed by atoms with Gasteiger partial charge in [0.05, 0.1) is 11.9 Å². The van der Waals surface area contributed by atoms with Gasteiger partial charge in [0, 0.05) is 36.8 Å². The lowest BCUT2D eigenvalue weighted by molar-refractivity contribution is 0.161. The number of hydrogen-bond acceptors (Lipinski definition) is 3. The summed E-state index contributed by atoms with van der Waals surface area (Å²) in [4.78, 5) is 17.0. The molecule has 0 saturated carbocycles. The number of carbonyl (C=O) groups is 1. The van der Waals surface area contributed by atoms with Gasteiger partial charge in [-0.1, -0.05) is 6.42 Å². The summed E-state index contributed by atoms with van der Waals surface area (Å²) in [6.45, 7) is 4.34. The Morgan fingerprint density at radius 1 is 1.19 bits per heavy atom. The van der Waals surface area contributed by atoms with E-state index in [1.165, 1.54) is 31.4 Å². The van der Waals surface area contributed by atoms with Gasteiger partial charge in [-0.2, -0.15) is 5.10 Å². The first-order valence-corrected chi connectivity index (χ1v) is 9.76. The summed E-state index contributed by atoms with van der Waals surface area (Å²) < 4.78 is 13.1. The molecule has 3 heterocycles. The Labute approximate surface area is 158 Å². The first kappa shape index (κ1) is 18.0. The number of nitrogens with zero attached hydrogens (tertiary/aromatic N) is 3. The Hall–Kier alpha value is -2.41. The lowest BCUT2D eigenvalue weighted by Gasteiger charge is -2.32. The molecule has 2 aliphatic heterocycles. The quantitative estimate of drug-likeness (QED) is 0.868. The van der Waals surface area contributed by atoms with Gasteiger partial charge in [-0.15, -0.1) is 0 Å². The monoisotopic (exact) mass is 371 g/mol. The normalized spacial score (nSPS) is 20.8. The number of H-pyrrole nitrogens is 1. The minimum Gasteiger partial charge on any atom is -0.334 e. The molecule has 0 spiro atoms. The number of halogens is 1. The largest absolute Gasteiger partial charge is 0.334 e. The van der Waals surface area contributed by atoms with Crippen molar-refractivity contribution in [2.24, 2.45) is 0 Å². The number of likely N-dealkylation sites (tertiary alicyclic amines) is 2. The lowest BCUT2D eigenvalue weighted by Crippen LogP contribution is -2.43. The highest BCUT2D eigenvalue weighted by Crippen LogP contribution is 2.22. The maximum absolute atomic E-state index is 13.1. The second-order valence-electron chi connectivity index (χ2n) is 7.42. The summed E-state index contributed by atoms with van der Waals surface area (Å²) in [5.74, 6) is -0.273. The third kappa shape index (κ3) is 4.13. The topological polar surface area (TPSA) is 64.3 Å². The molecule has 7 heteroatoms. The second kappa shape index (κ2) is 8.08. The summed E-state index contributed by atoms with van der Waals surface area (Å²) in [6, 6.07) is 6.73. The summed E-state index contributed by atoms with van der Waals surface area (Å²) in [5, 5.41) is 10.0. The third-order valence-corrected chi connectivity index (χ3v) is 5.64. The fourth-order valence-electron chi connectivity index (χ4n) is 4.10. The van der Waals surface area contributed by atoms with Crippen molar-refractivity contribution >= 4 is 6.03 Å². The predicted octanol–water partition coefficient (Wildman–Crippen LogP) is 2.99. The molecule has 2 amide bonds. The smallest absolute Gasteiger partial charge is 0.317 e. The first-order chi connectivity index (χ1) is 13.2. The average molecular weight is 371 g/mol. The van der Waals surface area contributed by atoms with Crippen molar-refractivity contribution in [3.63, 3.8) is 0 Å². The summed E-state index contributed by atoms with van der Waals surface area (Å²) in [5.41, 5.74) is 2.55. The molecule has 0 bridgehead atoms. The number of nitrogens with one attached hydrogen (secondary N) is 2. The maximum atomic E-state index is 13.1. The van der Waals surface area contributed by atoms with Gasteiger partial charge in [0.2, 0.25) is 0 Å². The number of urea groups is 1. The molecule has 144 valence electrons. The molecular weight excluding hydrogens is 345 g/mol. The van der Waals surface area contributed by atoms with E-state index in [-0.39, 0.29) is 11.8 Å². The van der Waals surface area contributed by atoms with Crippen molar-refractivity contribution in [3.05, 3.63) is 41.8 Å². The van der Waals surface area contributed by atoms with Crippen LogP contribution in [0.15, 0.2) is 30.5 Å². The highest BCUT2D eigenvalue weighted by molar-refractivity contribution is 5.75. The Kier molecular flexibility index (Phi) is 5.38. The van der Waals surface area contributed by atoms with Crippen LogP contribution < -0.4 is 5.32 Å². The van der Waals surface area contributed by atoms with E-state index in [2.05, 4.69) is 20.4 Å². The molecule has 2 fully saturated rings. The zero-order valence-electron chi connectivity index (χ0n) is 15.5. The van der Waals surface area contributed by atoms with E-state index in [0.717, 1.165) is 49.4 Å². The number of aromatic nitrogens is 2. The van der Waals surface area contributed by atoms with Crippen molar-refractivity contribution in [2.75, 3.05) is 26.2 Å². The number of piperidine rings is 1. The van der Waals surface area contributed by atoms with Gasteiger partial charge in [0.25, 0.3) is 0 Å². The van der Waals surface area contributed by atoms with E-state index in [4.69, 9.17) is 0 Å². The van der Waals surface area contributed by atoms with Crippen LogP contribution in [0.4, 0.5) is 9.18 Å². The van der Waals surface area contributed by atoms with Crippen molar-refractivity contribution < 1.29 is 9.18 Å². The molecule has 0 unspecified atom stereocenters. The SMILES string of the molecule is O=C(NCc1cn[nH]c1-c1ccc(F)cc1)N1CC[C@@H](N2CCCCC2)C1. The number of hydrogen-bond donors (Lipinski definition) is 2. The summed E-state index contributed by atoms with van der Waals surface area (Å²) in [7, 11) is 0. The lowest BCUT2D eigenvalue weighted by atomic mass is 10.1. The number of rotatable bonds is 4. The molecule has 0 radical (unpaired) electrons. The minimum absolute atomic E-state index is 0.0271. The van der Waals surface area contributed by atoms with Crippen LogP contribution in [0.1, 0.15) is 31.2 Å². The summed E-state index contributed by atoms with van der Waals surface area (Å²) >= 11 is 0. The molecule has 2 N–H and O–H groups in total. The van der Waals surface area contributed by atoms with Crippen LogP contribution in [0.2, 0.25) is 0 Å². The van der Waals surface area contributed by atoms with Gasteiger partial charge < -0.3 is 10.2 Å². The van der Waals surface area contributed by atoms with Crippen molar-refractivity contribution in [3.8, 4) is 11.3 Å². The fraction of sp³-hybridized carbons (Fsp3) is 0.500. The third-order valence-electron chi connectivity index (χ3n) is 5.64. The van der Waals surface area contributed by atoms with Gasteiger partial charge >= 0.3 is 6.03 Å². The van der Waals surface area contributed by atoms with E-state index >= 15 is 0 Å². The molecule has 6 nitrogen and oxygen atoms in total. The second-order valence-corrected chi connectivity index (χ2v) is 7.42. The zero-order chi connectivity index (χ0) is 18.6. The molecule has 2 aliphatic rings. The molecule has 1 aromatic carbocycles. The average Bonchev–Trinajstić information content (AvgIpc) is 3.37. The first-order valence-electron chi connectivity index (χ1n) is 9.76. The molecule has 0 aliphatic carbocycles.